The first-order valence-corrected chi connectivity index (χ1v) is 9.80. The maximum atomic E-state index is 12.0. The fraction of sp³-hybridized carbons (Fsp3) is 0.650. The quantitative estimate of drug-likeness (QED) is 0.348. The summed E-state index contributed by atoms with van der Waals surface area (Å²) < 4.78 is 52.3. The van der Waals surface area contributed by atoms with Crippen LogP contribution >= 0.6 is 0 Å². The van der Waals surface area contributed by atoms with Crippen LogP contribution < -0.4 is 15.4 Å². The number of hydrogen-bond acceptors (Lipinski definition) is 4. The molecule has 0 saturated carbocycles. The van der Waals surface area contributed by atoms with Gasteiger partial charge >= 0.3 is 6.18 Å². The summed E-state index contributed by atoms with van der Waals surface area (Å²) in [6.45, 7) is 3.10. The molecule has 9 heteroatoms. The highest BCUT2D eigenvalue weighted by atomic mass is 19.4. The summed E-state index contributed by atoms with van der Waals surface area (Å²) in [5, 5.41) is 6.26. The Hall–Kier alpha value is -2.00. The average molecular weight is 417 g/mol. The van der Waals surface area contributed by atoms with Crippen molar-refractivity contribution in [2.24, 2.45) is 4.99 Å². The molecule has 0 aliphatic carbocycles. The number of alkyl halides is 3. The van der Waals surface area contributed by atoms with E-state index in [4.69, 9.17) is 9.47 Å². The molecule has 1 aromatic rings. The van der Waals surface area contributed by atoms with Gasteiger partial charge in [-0.1, -0.05) is 12.1 Å². The topological polar surface area (TPSA) is 64.1 Å². The summed E-state index contributed by atoms with van der Waals surface area (Å²) in [5.41, 5.74) is 2.10. The van der Waals surface area contributed by atoms with Gasteiger partial charge in [-0.15, -0.1) is 0 Å². The Bertz CT molecular complexity index is 648. The van der Waals surface area contributed by atoms with Gasteiger partial charge < -0.3 is 24.8 Å². The van der Waals surface area contributed by atoms with Crippen LogP contribution in [0.15, 0.2) is 23.2 Å². The van der Waals surface area contributed by atoms with E-state index in [0.29, 0.717) is 32.1 Å². The van der Waals surface area contributed by atoms with E-state index in [-0.39, 0.29) is 12.7 Å². The molecule has 2 N–H and O–H groups in total. The maximum Gasteiger partial charge on any atom is 0.411 e. The van der Waals surface area contributed by atoms with Crippen LogP contribution in [0.4, 0.5) is 13.2 Å². The fourth-order valence-corrected chi connectivity index (χ4v) is 2.87. The SMILES string of the molecule is CN=C(NCCCOCC(F)(F)F)NCc1ccc(C)cc1OCC1CCCO1. The van der Waals surface area contributed by atoms with Gasteiger partial charge in [-0.3, -0.25) is 4.99 Å². The summed E-state index contributed by atoms with van der Waals surface area (Å²) >= 11 is 0. The molecule has 0 spiro atoms. The molecule has 1 atom stereocenters. The molecular formula is C20H30F3N3O3. The van der Waals surface area contributed by atoms with Crippen molar-refractivity contribution in [3.63, 3.8) is 0 Å². The van der Waals surface area contributed by atoms with Crippen molar-refractivity contribution in [2.75, 3.05) is 40.0 Å². The van der Waals surface area contributed by atoms with Gasteiger partial charge in [0.05, 0.1) is 6.10 Å². The molecular weight excluding hydrogens is 387 g/mol. The lowest BCUT2D eigenvalue weighted by Gasteiger charge is -2.17. The molecule has 1 aliphatic heterocycles. The Kier molecular flexibility index (Phi) is 9.53. The van der Waals surface area contributed by atoms with Gasteiger partial charge in [0.2, 0.25) is 0 Å². The molecule has 0 bridgehead atoms. The van der Waals surface area contributed by atoms with Crippen molar-refractivity contribution in [2.45, 2.75) is 45.0 Å². The number of aryl methyl sites for hydroxylation is 1. The molecule has 2 rings (SSSR count). The molecule has 0 radical (unpaired) electrons. The van der Waals surface area contributed by atoms with Gasteiger partial charge in [-0.2, -0.15) is 13.2 Å². The Morgan fingerprint density at radius 1 is 1.31 bits per heavy atom. The van der Waals surface area contributed by atoms with Gasteiger partial charge in [-0.25, -0.2) is 0 Å². The van der Waals surface area contributed by atoms with Crippen LogP contribution in [0, 0.1) is 6.92 Å². The molecule has 1 saturated heterocycles. The van der Waals surface area contributed by atoms with E-state index in [2.05, 4.69) is 20.4 Å². The van der Waals surface area contributed by atoms with Crippen molar-refractivity contribution < 1.29 is 27.4 Å². The Labute approximate surface area is 169 Å². The zero-order valence-electron chi connectivity index (χ0n) is 17.0. The van der Waals surface area contributed by atoms with Crippen molar-refractivity contribution in [3.8, 4) is 5.75 Å². The summed E-state index contributed by atoms with van der Waals surface area (Å²) in [7, 11) is 1.64. The van der Waals surface area contributed by atoms with E-state index in [9.17, 15) is 13.2 Å². The van der Waals surface area contributed by atoms with E-state index in [1.165, 1.54) is 0 Å². The largest absolute Gasteiger partial charge is 0.491 e. The molecule has 6 nitrogen and oxygen atoms in total. The zero-order chi connectivity index (χ0) is 21.1. The van der Waals surface area contributed by atoms with Crippen molar-refractivity contribution >= 4 is 5.96 Å². The summed E-state index contributed by atoms with van der Waals surface area (Å²) in [5.74, 6) is 1.37. The standard InChI is InChI=1S/C20H30F3N3O3/c1-15-6-7-16(18(11-15)29-13-17-5-3-10-28-17)12-26-19(24-2)25-8-4-9-27-14-20(21,22)23/h6-7,11,17H,3-5,8-10,12-14H2,1-2H3,(H2,24,25,26). The molecule has 0 aromatic heterocycles. The number of guanidine groups is 1. The van der Waals surface area contributed by atoms with Gasteiger partial charge in [0.15, 0.2) is 5.96 Å². The molecule has 29 heavy (non-hydrogen) atoms. The number of nitrogens with zero attached hydrogens (tertiary/aromatic N) is 1. The van der Waals surface area contributed by atoms with Crippen molar-refractivity contribution in [1.82, 2.24) is 10.6 Å². The molecule has 1 aliphatic rings. The van der Waals surface area contributed by atoms with Crippen molar-refractivity contribution in [1.29, 1.82) is 0 Å². The third kappa shape index (κ3) is 9.36. The van der Waals surface area contributed by atoms with E-state index in [0.717, 1.165) is 36.3 Å². The normalized spacial score (nSPS) is 17.4. The highest BCUT2D eigenvalue weighted by Crippen LogP contribution is 2.22. The molecule has 164 valence electrons. The maximum absolute atomic E-state index is 12.0. The second-order valence-corrected chi connectivity index (χ2v) is 6.93. The average Bonchev–Trinajstić information content (AvgIpc) is 3.19. The predicted octanol–water partition coefficient (Wildman–Crippen LogP) is 3.19. The second-order valence-electron chi connectivity index (χ2n) is 6.93. The van der Waals surface area contributed by atoms with E-state index in [1.807, 2.05) is 25.1 Å². The number of aliphatic imine (C=N–C) groups is 1. The Morgan fingerprint density at radius 2 is 2.14 bits per heavy atom. The molecule has 1 aromatic carbocycles. The first-order valence-electron chi connectivity index (χ1n) is 9.80. The summed E-state index contributed by atoms with van der Waals surface area (Å²) in [4.78, 5) is 4.13. The molecule has 1 fully saturated rings. The van der Waals surface area contributed by atoms with Crippen LogP contribution in [0.3, 0.4) is 0 Å². The smallest absolute Gasteiger partial charge is 0.411 e. The van der Waals surface area contributed by atoms with Gasteiger partial charge in [0.25, 0.3) is 0 Å². The minimum absolute atomic E-state index is 0.0304. The number of nitrogens with one attached hydrogen (secondary N) is 2. The lowest BCUT2D eigenvalue weighted by atomic mass is 10.1. The Morgan fingerprint density at radius 3 is 2.83 bits per heavy atom. The Balaban J connectivity index is 1.75. The monoisotopic (exact) mass is 417 g/mol. The van der Waals surface area contributed by atoms with E-state index < -0.39 is 12.8 Å². The minimum atomic E-state index is -4.29. The minimum Gasteiger partial charge on any atom is -0.491 e. The van der Waals surface area contributed by atoms with E-state index in [1.54, 1.807) is 7.05 Å². The zero-order valence-corrected chi connectivity index (χ0v) is 17.0. The van der Waals surface area contributed by atoms with Crippen LogP contribution in [0.2, 0.25) is 0 Å². The van der Waals surface area contributed by atoms with Gasteiger partial charge in [0.1, 0.15) is 19.0 Å². The second kappa shape index (κ2) is 11.9. The number of ether oxygens (including phenoxy) is 3. The lowest BCUT2D eigenvalue weighted by Crippen LogP contribution is -2.37. The van der Waals surface area contributed by atoms with Crippen LogP contribution in [0.5, 0.6) is 5.75 Å². The van der Waals surface area contributed by atoms with Crippen LogP contribution in [0.1, 0.15) is 30.4 Å². The number of rotatable bonds is 10. The first kappa shape index (κ1) is 23.3. The number of benzene rings is 1. The third-order valence-electron chi connectivity index (χ3n) is 4.36. The first-order chi connectivity index (χ1) is 13.9. The number of hydrogen-bond donors (Lipinski definition) is 2. The van der Waals surface area contributed by atoms with Crippen LogP contribution in [-0.2, 0) is 16.0 Å². The summed E-state index contributed by atoms with van der Waals surface area (Å²) in [6, 6.07) is 6.02. The van der Waals surface area contributed by atoms with Crippen LogP contribution in [0.25, 0.3) is 0 Å². The predicted molar refractivity (Wildman–Crippen MR) is 105 cm³/mol. The molecule has 1 heterocycles. The molecule has 0 amide bonds. The third-order valence-corrected chi connectivity index (χ3v) is 4.36. The highest BCUT2D eigenvalue weighted by Gasteiger charge is 2.27. The van der Waals surface area contributed by atoms with Crippen molar-refractivity contribution in [3.05, 3.63) is 29.3 Å². The molecule has 1 unspecified atom stereocenters. The van der Waals surface area contributed by atoms with E-state index >= 15 is 0 Å². The number of halogens is 3. The summed E-state index contributed by atoms with van der Waals surface area (Å²) in [6.07, 6.45) is -1.62. The van der Waals surface area contributed by atoms with Gasteiger partial charge in [-0.05, 0) is 37.8 Å². The van der Waals surface area contributed by atoms with Crippen LogP contribution in [-0.4, -0.2) is 58.3 Å². The lowest BCUT2D eigenvalue weighted by molar-refractivity contribution is -0.173. The highest BCUT2D eigenvalue weighted by molar-refractivity contribution is 5.79. The van der Waals surface area contributed by atoms with Gasteiger partial charge in [0, 0.05) is 38.9 Å². The fourth-order valence-electron chi connectivity index (χ4n) is 2.87.